The number of nitrogens with one attached hydrogen (secondary N) is 2. The van der Waals surface area contributed by atoms with Gasteiger partial charge in [0.25, 0.3) is 0 Å². The van der Waals surface area contributed by atoms with Crippen LogP contribution in [0.2, 0.25) is 0 Å². The lowest BCUT2D eigenvalue weighted by molar-refractivity contribution is -0.143. The summed E-state index contributed by atoms with van der Waals surface area (Å²) in [5.41, 5.74) is 8.52. The standard InChI is InChI=1S/C12H10F6N4O.C6H14N2/c13-11(14,15)7-3-6(4-8(5-7)12(16,17)18)10(20)22-21-2-1-9(19)23;1-2-8-5-3-7-4-6-8/h1-5,21H,(H2,19,23)(H2,20,22);7H,2-6H2,1H3/b2-1-;. The van der Waals surface area contributed by atoms with E-state index in [0.717, 1.165) is 12.3 Å². The van der Waals surface area contributed by atoms with Gasteiger partial charge >= 0.3 is 12.4 Å². The number of halogens is 6. The SMILES string of the molecule is CCN1CCNCC1.NC(=O)/C=C\N/N=C(\N)c1cc(C(F)(F)F)cc(C(F)(F)F)c1. The van der Waals surface area contributed by atoms with Crippen LogP contribution in [0.1, 0.15) is 23.6 Å². The Kier molecular flexibility index (Phi) is 9.78. The van der Waals surface area contributed by atoms with Crippen LogP contribution in [0.5, 0.6) is 0 Å². The molecule has 1 heterocycles. The Labute approximate surface area is 175 Å². The van der Waals surface area contributed by atoms with Crippen LogP contribution in [0.4, 0.5) is 26.3 Å². The number of carbonyl (C=O) groups is 1. The summed E-state index contributed by atoms with van der Waals surface area (Å²) >= 11 is 0. The third-order valence-electron chi connectivity index (χ3n) is 4.05. The van der Waals surface area contributed by atoms with Crippen LogP contribution in [-0.2, 0) is 17.1 Å². The summed E-state index contributed by atoms with van der Waals surface area (Å²) in [5.74, 6) is -1.49. The van der Waals surface area contributed by atoms with E-state index in [1.54, 1.807) is 0 Å². The molecule has 0 spiro atoms. The van der Waals surface area contributed by atoms with Gasteiger partial charge in [0.05, 0.1) is 11.1 Å². The quantitative estimate of drug-likeness (QED) is 0.179. The molecule has 1 aliphatic heterocycles. The second-order valence-corrected chi connectivity index (χ2v) is 6.34. The molecular weight excluding hydrogens is 430 g/mol. The number of hydrazone groups is 1. The number of piperazine rings is 1. The van der Waals surface area contributed by atoms with Gasteiger partial charge in [0.15, 0.2) is 5.84 Å². The largest absolute Gasteiger partial charge is 0.416 e. The average molecular weight is 454 g/mol. The number of amides is 1. The van der Waals surface area contributed by atoms with Crippen molar-refractivity contribution in [3.05, 3.63) is 47.2 Å². The molecule has 13 heteroatoms. The Morgan fingerprint density at radius 3 is 2.00 bits per heavy atom. The number of amidine groups is 1. The molecular formula is C18H24F6N6O. The maximum absolute atomic E-state index is 12.7. The third-order valence-corrected chi connectivity index (χ3v) is 4.05. The number of rotatable bonds is 5. The lowest BCUT2D eigenvalue weighted by Gasteiger charge is -2.25. The van der Waals surface area contributed by atoms with Crippen LogP contribution in [0, 0.1) is 0 Å². The highest BCUT2D eigenvalue weighted by molar-refractivity contribution is 5.97. The smallest absolute Gasteiger partial charge is 0.382 e. The lowest BCUT2D eigenvalue weighted by atomic mass is 10.0. The first-order valence-electron chi connectivity index (χ1n) is 9.12. The minimum atomic E-state index is -4.99. The van der Waals surface area contributed by atoms with Crippen molar-refractivity contribution in [3.8, 4) is 0 Å². The van der Waals surface area contributed by atoms with Crippen molar-refractivity contribution in [1.29, 1.82) is 0 Å². The van der Waals surface area contributed by atoms with Gasteiger partial charge in [-0.15, -0.1) is 0 Å². The molecule has 1 saturated heterocycles. The van der Waals surface area contributed by atoms with E-state index in [-0.39, 0.29) is 6.07 Å². The molecule has 1 fully saturated rings. The fraction of sp³-hybridized carbons (Fsp3) is 0.444. The van der Waals surface area contributed by atoms with Crippen LogP contribution < -0.4 is 22.2 Å². The van der Waals surface area contributed by atoms with Crippen molar-refractivity contribution in [1.82, 2.24) is 15.6 Å². The number of benzene rings is 1. The molecule has 174 valence electrons. The Morgan fingerprint density at radius 1 is 1.10 bits per heavy atom. The number of likely N-dealkylation sites (N-methyl/N-ethyl adjacent to an activating group) is 1. The minimum Gasteiger partial charge on any atom is -0.382 e. The van der Waals surface area contributed by atoms with Gasteiger partial charge in [-0.3, -0.25) is 10.2 Å². The predicted octanol–water partition coefficient (Wildman–Crippen LogP) is 1.84. The molecule has 0 aliphatic carbocycles. The van der Waals surface area contributed by atoms with Gasteiger partial charge in [-0.1, -0.05) is 6.92 Å². The van der Waals surface area contributed by atoms with E-state index in [2.05, 4.69) is 27.7 Å². The van der Waals surface area contributed by atoms with E-state index in [0.29, 0.717) is 12.1 Å². The normalized spacial score (nSPS) is 16.0. The molecule has 1 aromatic carbocycles. The van der Waals surface area contributed by atoms with Crippen LogP contribution >= 0.6 is 0 Å². The van der Waals surface area contributed by atoms with E-state index in [1.807, 2.05) is 0 Å². The van der Waals surface area contributed by atoms with Crippen LogP contribution in [0.15, 0.2) is 35.6 Å². The maximum Gasteiger partial charge on any atom is 0.416 e. The van der Waals surface area contributed by atoms with Gasteiger partial charge in [0.2, 0.25) is 5.91 Å². The molecule has 0 atom stereocenters. The summed E-state index contributed by atoms with van der Waals surface area (Å²) in [4.78, 5) is 12.8. The number of nitrogens with two attached hydrogens (primary N) is 2. The fourth-order valence-corrected chi connectivity index (χ4v) is 2.42. The maximum atomic E-state index is 12.7. The van der Waals surface area contributed by atoms with Crippen molar-refractivity contribution < 1.29 is 31.1 Å². The second-order valence-electron chi connectivity index (χ2n) is 6.34. The predicted molar refractivity (Wildman–Crippen MR) is 104 cm³/mol. The van der Waals surface area contributed by atoms with Crippen molar-refractivity contribution >= 4 is 11.7 Å². The third kappa shape index (κ3) is 9.70. The number of hydrogen-bond donors (Lipinski definition) is 4. The Balaban J connectivity index is 0.000000500. The Morgan fingerprint density at radius 2 is 1.61 bits per heavy atom. The average Bonchev–Trinajstić information content (AvgIpc) is 2.70. The molecule has 0 radical (unpaired) electrons. The van der Waals surface area contributed by atoms with E-state index >= 15 is 0 Å². The molecule has 0 aromatic heterocycles. The van der Waals surface area contributed by atoms with Gasteiger partial charge in [0, 0.05) is 44.0 Å². The topological polar surface area (TPSA) is 109 Å². The zero-order valence-corrected chi connectivity index (χ0v) is 16.6. The second kappa shape index (κ2) is 11.6. The number of alkyl halides is 6. The van der Waals surface area contributed by atoms with E-state index in [4.69, 9.17) is 11.5 Å². The number of primary amides is 1. The summed E-state index contributed by atoms with van der Waals surface area (Å²) in [6, 6.07) is 0.818. The molecule has 1 aliphatic rings. The molecule has 1 aromatic rings. The zero-order valence-electron chi connectivity index (χ0n) is 16.6. The van der Waals surface area contributed by atoms with Crippen molar-refractivity contribution in [2.45, 2.75) is 19.3 Å². The minimum absolute atomic E-state index is 0.0306. The molecule has 2 rings (SSSR count). The van der Waals surface area contributed by atoms with Crippen LogP contribution in [0.3, 0.4) is 0 Å². The first kappa shape index (κ1) is 26.2. The van der Waals surface area contributed by atoms with Gasteiger partial charge in [-0.2, -0.15) is 31.4 Å². The molecule has 0 bridgehead atoms. The first-order valence-corrected chi connectivity index (χ1v) is 9.12. The van der Waals surface area contributed by atoms with E-state index < -0.39 is 40.8 Å². The first-order chi connectivity index (χ1) is 14.3. The number of nitrogens with zero attached hydrogens (tertiary/aromatic N) is 2. The van der Waals surface area contributed by atoms with Gasteiger partial charge in [0.1, 0.15) is 0 Å². The lowest BCUT2D eigenvalue weighted by Crippen LogP contribution is -2.43. The number of carbonyl (C=O) groups excluding carboxylic acids is 1. The van der Waals surface area contributed by atoms with Gasteiger partial charge < -0.3 is 21.7 Å². The summed E-state index contributed by atoms with van der Waals surface area (Å²) in [6.07, 6.45) is -8.25. The Hall–Kier alpha value is -2.80. The highest BCUT2D eigenvalue weighted by Crippen LogP contribution is 2.36. The summed E-state index contributed by atoms with van der Waals surface area (Å²) < 4.78 is 76.0. The fourth-order valence-electron chi connectivity index (χ4n) is 2.42. The van der Waals surface area contributed by atoms with Crippen LogP contribution in [-0.4, -0.2) is 49.4 Å². The van der Waals surface area contributed by atoms with Gasteiger partial charge in [-0.05, 0) is 24.7 Å². The summed E-state index contributed by atoms with van der Waals surface area (Å²) in [7, 11) is 0. The molecule has 1 amide bonds. The zero-order chi connectivity index (χ0) is 23.7. The molecule has 0 unspecified atom stereocenters. The Bertz CT molecular complexity index is 752. The molecule has 31 heavy (non-hydrogen) atoms. The molecule has 7 nitrogen and oxygen atoms in total. The molecule has 0 saturated carbocycles. The van der Waals surface area contributed by atoms with Crippen LogP contribution in [0.25, 0.3) is 0 Å². The highest BCUT2D eigenvalue weighted by atomic mass is 19.4. The summed E-state index contributed by atoms with van der Waals surface area (Å²) in [5, 5.41) is 6.64. The summed E-state index contributed by atoms with van der Waals surface area (Å²) in [6.45, 7) is 8.24. The molecule has 6 N–H and O–H groups in total. The van der Waals surface area contributed by atoms with Gasteiger partial charge in [-0.25, -0.2) is 0 Å². The monoisotopic (exact) mass is 454 g/mol. The van der Waals surface area contributed by atoms with E-state index in [1.165, 1.54) is 32.7 Å². The van der Waals surface area contributed by atoms with E-state index in [9.17, 15) is 31.1 Å². The number of hydrogen-bond acceptors (Lipinski definition) is 5. The van der Waals surface area contributed by atoms with Crippen molar-refractivity contribution in [2.24, 2.45) is 16.6 Å². The van der Waals surface area contributed by atoms with Crippen molar-refractivity contribution in [3.63, 3.8) is 0 Å². The van der Waals surface area contributed by atoms with Crippen molar-refractivity contribution in [2.75, 3.05) is 32.7 Å². The highest BCUT2D eigenvalue weighted by Gasteiger charge is 2.37.